The highest BCUT2D eigenvalue weighted by Crippen LogP contribution is 2.30. The van der Waals surface area contributed by atoms with Gasteiger partial charge in [0.2, 0.25) is 5.91 Å². The molecule has 3 heteroatoms. The maximum absolute atomic E-state index is 12.2. The summed E-state index contributed by atoms with van der Waals surface area (Å²) in [4.78, 5) is 12.2. The van der Waals surface area contributed by atoms with Crippen LogP contribution in [0, 0.1) is 11.8 Å². The molecule has 1 amide bonds. The van der Waals surface area contributed by atoms with Crippen LogP contribution < -0.4 is 10.6 Å². The molecule has 2 fully saturated rings. The molecule has 1 aliphatic carbocycles. The third-order valence-corrected chi connectivity index (χ3v) is 4.54. The Morgan fingerprint density at radius 3 is 2.50 bits per heavy atom. The second-order valence-corrected chi connectivity index (χ2v) is 6.10. The Labute approximate surface area is 110 Å². The maximum Gasteiger partial charge on any atom is 0.247 e. The number of carbonyl (C=O) groups is 1. The Kier molecular flexibility index (Phi) is 4.44. The van der Waals surface area contributed by atoms with E-state index in [-0.39, 0.29) is 5.91 Å². The van der Waals surface area contributed by atoms with E-state index >= 15 is 0 Å². The highest BCUT2D eigenvalue weighted by molar-refractivity contribution is 5.94. The van der Waals surface area contributed by atoms with Gasteiger partial charge < -0.3 is 10.6 Å². The molecular weight excluding hydrogens is 224 g/mol. The molecule has 1 aliphatic heterocycles. The van der Waals surface area contributed by atoms with Gasteiger partial charge in [-0.3, -0.25) is 4.79 Å². The largest absolute Gasteiger partial charge is 0.349 e. The summed E-state index contributed by atoms with van der Waals surface area (Å²) < 4.78 is 0. The van der Waals surface area contributed by atoms with E-state index in [0.29, 0.717) is 17.9 Å². The third-order valence-electron chi connectivity index (χ3n) is 4.54. The van der Waals surface area contributed by atoms with Crippen LogP contribution in [-0.2, 0) is 4.79 Å². The van der Waals surface area contributed by atoms with Crippen LogP contribution in [0.4, 0.5) is 0 Å². The Morgan fingerprint density at radius 2 is 1.94 bits per heavy atom. The van der Waals surface area contributed by atoms with Gasteiger partial charge in [0.1, 0.15) is 0 Å². The Morgan fingerprint density at radius 1 is 1.28 bits per heavy atom. The van der Waals surface area contributed by atoms with E-state index in [9.17, 15) is 4.79 Å². The van der Waals surface area contributed by atoms with Crippen LogP contribution in [0.5, 0.6) is 0 Å². The lowest BCUT2D eigenvalue weighted by atomic mass is 9.77. The number of rotatable bonds is 3. The normalized spacial score (nSPS) is 27.9. The fraction of sp³-hybridized carbons (Fsp3) is 0.800. The van der Waals surface area contributed by atoms with E-state index in [1.54, 1.807) is 0 Å². The first-order valence-electron chi connectivity index (χ1n) is 7.29. The van der Waals surface area contributed by atoms with Crippen LogP contribution in [0.25, 0.3) is 0 Å². The molecule has 1 heterocycles. The summed E-state index contributed by atoms with van der Waals surface area (Å²) in [5.41, 5.74) is 2.20. The van der Waals surface area contributed by atoms with Gasteiger partial charge in [-0.05, 0) is 37.2 Å². The molecule has 2 aliphatic rings. The number of hydrogen-bond acceptors (Lipinski definition) is 2. The summed E-state index contributed by atoms with van der Waals surface area (Å²) in [5, 5.41) is 6.46. The zero-order valence-corrected chi connectivity index (χ0v) is 11.9. The summed E-state index contributed by atoms with van der Waals surface area (Å²) in [5.74, 6) is 1.47. The number of carbonyl (C=O) groups excluding carboxylic acids is 1. The van der Waals surface area contributed by atoms with Crippen molar-refractivity contribution in [2.24, 2.45) is 11.8 Å². The molecule has 2 N–H and O–H groups in total. The number of amides is 1. The smallest absolute Gasteiger partial charge is 0.247 e. The van der Waals surface area contributed by atoms with Crippen LogP contribution >= 0.6 is 0 Å². The zero-order chi connectivity index (χ0) is 13.1. The summed E-state index contributed by atoms with van der Waals surface area (Å²) in [6.45, 7) is 8.28. The Hall–Kier alpha value is -0.830. The fourth-order valence-electron chi connectivity index (χ4n) is 3.09. The molecule has 102 valence electrons. The molecule has 0 aromatic heterocycles. The quantitative estimate of drug-likeness (QED) is 0.754. The van der Waals surface area contributed by atoms with Crippen molar-refractivity contribution >= 4 is 5.91 Å². The molecule has 0 bridgehead atoms. The lowest BCUT2D eigenvalue weighted by Gasteiger charge is -2.35. The SMILES string of the molecule is CC(C(=O)NC1CCCCC1C(C)C)=C1CNC1. The number of hydrogen-bond donors (Lipinski definition) is 2. The van der Waals surface area contributed by atoms with Crippen LogP contribution in [0.3, 0.4) is 0 Å². The minimum atomic E-state index is 0.157. The average Bonchev–Trinajstić information content (AvgIpc) is 2.27. The van der Waals surface area contributed by atoms with Crippen molar-refractivity contribution in [1.29, 1.82) is 0 Å². The molecule has 0 aromatic carbocycles. The maximum atomic E-state index is 12.2. The summed E-state index contributed by atoms with van der Waals surface area (Å²) in [7, 11) is 0. The highest BCUT2D eigenvalue weighted by Gasteiger charge is 2.29. The monoisotopic (exact) mass is 250 g/mol. The van der Waals surface area contributed by atoms with Crippen LogP contribution in [0.1, 0.15) is 46.5 Å². The van der Waals surface area contributed by atoms with E-state index in [1.165, 1.54) is 24.8 Å². The van der Waals surface area contributed by atoms with Gasteiger partial charge in [-0.25, -0.2) is 0 Å². The molecular formula is C15H26N2O. The van der Waals surface area contributed by atoms with E-state index in [4.69, 9.17) is 0 Å². The van der Waals surface area contributed by atoms with Crippen molar-refractivity contribution < 1.29 is 4.79 Å². The predicted octanol–water partition coefficient (Wildman–Crippen LogP) is 2.24. The van der Waals surface area contributed by atoms with Gasteiger partial charge in [0.25, 0.3) is 0 Å². The van der Waals surface area contributed by atoms with Crippen molar-refractivity contribution in [3.63, 3.8) is 0 Å². The lowest BCUT2D eigenvalue weighted by molar-refractivity contribution is -0.119. The second-order valence-electron chi connectivity index (χ2n) is 6.10. The Balaban J connectivity index is 1.96. The van der Waals surface area contributed by atoms with Crippen molar-refractivity contribution in [2.45, 2.75) is 52.5 Å². The first-order valence-corrected chi connectivity index (χ1v) is 7.29. The van der Waals surface area contributed by atoms with Crippen molar-refractivity contribution in [3.8, 4) is 0 Å². The molecule has 2 unspecified atom stereocenters. The molecule has 0 radical (unpaired) electrons. The van der Waals surface area contributed by atoms with E-state index < -0.39 is 0 Å². The highest BCUT2D eigenvalue weighted by atomic mass is 16.1. The van der Waals surface area contributed by atoms with Crippen LogP contribution in [0.15, 0.2) is 11.1 Å². The molecule has 2 atom stereocenters. The Bertz CT molecular complexity index is 340. The minimum Gasteiger partial charge on any atom is -0.349 e. The summed E-state index contributed by atoms with van der Waals surface area (Å²) in [6.07, 6.45) is 4.99. The van der Waals surface area contributed by atoms with Gasteiger partial charge in [-0.2, -0.15) is 0 Å². The van der Waals surface area contributed by atoms with E-state index in [1.807, 2.05) is 6.92 Å². The standard InChI is InChI=1S/C15H26N2O/c1-10(2)13-6-4-5-7-14(13)17-15(18)11(3)12-8-16-9-12/h10,13-14,16H,4-9H2,1-3H3,(H,17,18). The molecule has 0 spiro atoms. The van der Waals surface area contributed by atoms with Gasteiger partial charge in [-0.15, -0.1) is 0 Å². The van der Waals surface area contributed by atoms with Gasteiger partial charge in [-0.1, -0.05) is 26.7 Å². The molecule has 0 aromatic rings. The third kappa shape index (κ3) is 2.94. The number of nitrogens with one attached hydrogen (secondary N) is 2. The van der Waals surface area contributed by atoms with Crippen LogP contribution in [-0.4, -0.2) is 25.0 Å². The van der Waals surface area contributed by atoms with Crippen molar-refractivity contribution in [2.75, 3.05) is 13.1 Å². The molecule has 1 saturated carbocycles. The van der Waals surface area contributed by atoms with E-state index in [2.05, 4.69) is 24.5 Å². The zero-order valence-electron chi connectivity index (χ0n) is 11.9. The molecule has 2 rings (SSSR count). The molecule has 18 heavy (non-hydrogen) atoms. The topological polar surface area (TPSA) is 41.1 Å². The summed E-state index contributed by atoms with van der Waals surface area (Å²) in [6, 6.07) is 0.384. The van der Waals surface area contributed by atoms with E-state index in [0.717, 1.165) is 25.1 Å². The van der Waals surface area contributed by atoms with Crippen molar-refractivity contribution in [3.05, 3.63) is 11.1 Å². The summed E-state index contributed by atoms with van der Waals surface area (Å²) >= 11 is 0. The molecule has 3 nitrogen and oxygen atoms in total. The van der Waals surface area contributed by atoms with Gasteiger partial charge in [0.15, 0.2) is 0 Å². The van der Waals surface area contributed by atoms with Gasteiger partial charge in [0.05, 0.1) is 0 Å². The average molecular weight is 250 g/mol. The van der Waals surface area contributed by atoms with Gasteiger partial charge in [0, 0.05) is 24.7 Å². The lowest BCUT2D eigenvalue weighted by Crippen LogP contribution is -2.45. The fourth-order valence-corrected chi connectivity index (χ4v) is 3.09. The van der Waals surface area contributed by atoms with Crippen LogP contribution in [0.2, 0.25) is 0 Å². The second kappa shape index (κ2) is 5.87. The first kappa shape index (κ1) is 13.6. The minimum absolute atomic E-state index is 0.157. The molecule has 1 saturated heterocycles. The first-order chi connectivity index (χ1) is 8.59. The predicted molar refractivity (Wildman–Crippen MR) is 74.3 cm³/mol. The van der Waals surface area contributed by atoms with Crippen molar-refractivity contribution in [1.82, 2.24) is 10.6 Å². The van der Waals surface area contributed by atoms with Gasteiger partial charge >= 0.3 is 0 Å².